The summed E-state index contributed by atoms with van der Waals surface area (Å²) in [6, 6.07) is 6.61. The Morgan fingerprint density at radius 1 is 1.14 bits per heavy atom. The average molecular weight is 311 g/mol. The molecule has 3 rings (SSSR count). The van der Waals surface area contributed by atoms with Gasteiger partial charge in [0.15, 0.2) is 0 Å². The van der Waals surface area contributed by atoms with E-state index in [0.29, 0.717) is 5.76 Å². The summed E-state index contributed by atoms with van der Waals surface area (Å²) in [4.78, 5) is 6.88. The highest BCUT2D eigenvalue weighted by atomic mass is 19.4. The number of rotatable bonds is 3. The van der Waals surface area contributed by atoms with E-state index in [4.69, 9.17) is 4.42 Å². The van der Waals surface area contributed by atoms with Crippen molar-refractivity contribution >= 4 is 16.7 Å². The SMILES string of the molecule is Fc1ccc2nc(C(F)(F)F)nc(NCc3ccco3)c2c1. The van der Waals surface area contributed by atoms with Crippen LogP contribution in [0.25, 0.3) is 10.9 Å². The first-order valence-corrected chi connectivity index (χ1v) is 6.24. The van der Waals surface area contributed by atoms with Crippen LogP contribution in [0.2, 0.25) is 0 Å². The van der Waals surface area contributed by atoms with Gasteiger partial charge in [0.1, 0.15) is 17.4 Å². The summed E-state index contributed by atoms with van der Waals surface area (Å²) in [5.74, 6) is -1.46. The first kappa shape index (κ1) is 14.3. The first-order chi connectivity index (χ1) is 10.4. The predicted octanol–water partition coefficient (Wildman–Crippen LogP) is 3.99. The molecular weight excluding hydrogens is 302 g/mol. The number of alkyl halides is 3. The molecule has 8 heteroatoms. The van der Waals surface area contributed by atoms with Gasteiger partial charge >= 0.3 is 6.18 Å². The number of furan rings is 1. The van der Waals surface area contributed by atoms with Gasteiger partial charge in [-0.2, -0.15) is 13.2 Å². The van der Waals surface area contributed by atoms with Crippen LogP contribution in [-0.4, -0.2) is 9.97 Å². The number of anilines is 1. The molecule has 0 spiro atoms. The summed E-state index contributed by atoms with van der Waals surface area (Å²) in [5.41, 5.74) is 0.00525. The van der Waals surface area contributed by atoms with E-state index >= 15 is 0 Å². The van der Waals surface area contributed by atoms with Gasteiger partial charge in [0.05, 0.1) is 18.3 Å². The third-order valence-electron chi connectivity index (χ3n) is 2.92. The topological polar surface area (TPSA) is 51.0 Å². The molecule has 1 N–H and O–H groups in total. The van der Waals surface area contributed by atoms with E-state index in [9.17, 15) is 17.6 Å². The monoisotopic (exact) mass is 311 g/mol. The number of hydrogen-bond acceptors (Lipinski definition) is 4. The van der Waals surface area contributed by atoms with E-state index in [1.807, 2.05) is 0 Å². The number of halogens is 4. The fourth-order valence-electron chi connectivity index (χ4n) is 1.95. The average Bonchev–Trinajstić information content (AvgIpc) is 2.97. The minimum Gasteiger partial charge on any atom is -0.467 e. The van der Waals surface area contributed by atoms with Gasteiger partial charge in [-0.25, -0.2) is 14.4 Å². The summed E-state index contributed by atoms with van der Waals surface area (Å²) in [5, 5.41) is 2.88. The molecule has 3 aromatic rings. The van der Waals surface area contributed by atoms with Crippen molar-refractivity contribution < 1.29 is 22.0 Å². The zero-order valence-corrected chi connectivity index (χ0v) is 11.0. The molecule has 2 aromatic heterocycles. The molecule has 1 aromatic carbocycles. The molecule has 0 atom stereocenters. The van der Waals surface area contributed by atoms with Crippen molar-refractivity contribution in [2.24, 2.45) is 0 Å². The zero-order chi connectivity index (χ0) is 15.7. The summed E-state index contributed by atoms with van der Waals surface area (Å²) < 4.78 is 57.0. The Morgan fingerprint density at radius 3 is 2.64 bits per heavy atom. The molecule has 0 unspecified atom stereocenters. The second-order valence-electron chi connectivity index (χ2n) is 4.49. The lowest BCUT2D eigenvalue weighted by molar-refractivity contribution is -0.144. The molecule has 0 saturated carbocycles. The normalized spacial score (nSPS) is 11.8. The maximum Gasteiger partial charge on any atom is 0.451 e. The Kier molecular flexibility index (Phi) is 3.44. The van der Waals surface area contributed by atoms with Crippen LogP contribution in [0, 0.1) is 5.82 Å². The smallest absolute Gasteiger partial charge is 0.451 e. The molecule has 0 radical (unpaired) electrons. The predicted molar refractivity (Wildman–Crippen MR) is 70.5 cm³/mol. The lowest BCUT2D eigenvalue weighted by Crippen LogP contribution is -2.13. The number of hydrogen-bond donors (Lipinski definition) is 1. The van der Waals surface area contributed by atoms with Gasteiger partial charge in [-0.05, 0) is 30.3 Å². The summed E-state index contributed by atoms with van der Waals surface area (Å²) in [6.07, 6.45) is -3.25. The van der Waals surface area contributed by atoms with Gasteiger partial charge in [0, 0.05) is 5.39 Å². The fraction of sp³-hybridized carbons (Fsp3) is 0.143. The first-order valence-electron chi connectivity index (χ1n) is 6.24. The van der Waals surface area contributed by atoms with Gasteiger partial charge in [-0.3, -0.25) is 0 Å². The third-order valence-corrected chi connectivity index (χ3v) is 2.92. The Hall–Kier alpha value is -2.64. The van der Waals surface area contributed by atoms with Crippen molar-refractivity contribution in [3.63, 3.8) is 0 Å². The Labute approximate surface area is 121 Å². The minimum atomic E-state index is -4.69. The molecule has 0 aliphatic carbocycles. The number of fused-ring (bicyclic) bond motifs is 1. The fourth-order valence-corrected chi connectivity index (χ4v) is 1.95. The van der Waals surface area contributed by atoms with Crippen LogP contribution in [0.3, 0.4) is 0 Å². The molecule has 0 aliphatic rings. The van der Waals surface area contributed by atoms with Crippen LogP contribution in [0.4, 0.5) is 23.4 Å². The van der Waals surface area contributed by atoms with Crippen molar-refractivity contribution in [1.29, 1.82) is 0 Å². The molecule has 0 amide bonds. The highest BCUT2D eigenvalue weighted by Gasteiger charge is 2.35. The quantitative estimate of drug-likeness (QED) is 0.743. The van der Waals surface area contributed by atoms with Gasteiger partial charge in [-0.15, -0.1) is 0 Å². The molecule has 0 saturated heterocycles. The molecular formula is C14H9F4N3O. The molecule has 0 fully saturated rings. The van der Waals surface area contributed by atoms with Gasteiger partial charge < -0.3 is 9.73 Å². The van der Waals surface area contributed by atoms with Crippen molar-refractivity contribution in [3.05, 3.63) is 54.0 Å². The van der Waals surface area contributed by atoms with Gasteiger partial charge in [-0.1, -0.05) is 0 Å². The maximum absolute atomic E-state index is 13.3. The van der Waals surface area contributed by atoms with E-state index in [-0.39, 0.29) is 23.3 Å². The van der Waals surface area contributed by atoms with E-state index in [1.165, 1.54) is 12.3 Å². The second kappa shape index (κ2) is 5.28. The van der Waals surface area contributed by atoms with Crippen molar-refractivity contribution in [2.75, 3.05) is 5.32 Å². The van der Waals surface area contributed by atoms with E-state index in [1.54, 1.807) is 12.1 Å². The largest absolute Gasteiger partial charge is 0.467 e. The molecule has 0 aliphatic heterocycles. The number of nitrogens with zero attached hydrogens (tertiary/aromatic N) is 2. The van der Waals surface area contributed by atoms with E-state index < -0.39 is 17.8 Å². The van der Waals surface area contributed by atoms with Crippen LogP contribution < -0.4 is 5.32 Å². The second-order valence-corrected chi connectivity index (χ2v) is 4.49. The summed E-state index contributed by atoms with van der Waals surface area (Å²) in [7, 11) is 0. The number of aromatic nitrogens is 2. The Morgan fingerprint density at radius 2 is 1.95 bits per heavy atom. The van der Waals surface area contributed by atoms with Crippen molar-refractivity contribution in [3.8, 4) is 0 Å². The lowest BCUT2D eigenvalue weighted by atomic mass is 10.2. The molecule has 114 valence electrons. The minimum absolute atomic E-state index is 0.00525. The zero-order valence-electron chi connectivity index (χ0n) is 11.0. The number of nitrogens with one attached hydrogen (secondary N) is 1. The third kappa shape index (κ3) is 2.85. The van der Waals surface area contributed by atoms with Crippen LogP contribution >= 0.6 is 0 Å². The van der Waals surface area contributed by atoms with Crippen molar-refractivity contribution in [2.45, 2.75) is 12.7 Å². The maximum atomic E-state index is 13.3. The molecule has 22 heavy (non-hydrogen) atoms. The van der Waals surface area contributed by atoms with Gasteiger partial charge in [0.2, 0.25) is 5.82 Å². The van der Waals surface area contributed by atoms with E-state index in [0.717, 1.165) is 12.1 Å². The molecule has 4 nitrogen and oxygen atoms in total. The van der Waals surface area contributed by atoms with Crippen LogP contribution in [0.15, 0.2) is 41.0 Å². The molecule has 0 bridgehead atoms. The standard InChI is InChI=1S/C14H9F4N3O/c15-8-3-4-11-10(6-8)12(19-7-9-2-1-5-22-9)21-13(20-11)14(16,17)18/h1-6H,7H2,(H,19,20,21). The van der Waals surface area contributed by atoms with Crippen LogP contribution in [0.5, 0.6) is 0 Å². The number of benzene rings is 1. The summed E-state index contributed by atoms with van der Waals surface area (Å²) in [6.45, 7) is 0.118. The van der Waals surface area contributed by atoms with Crippen LogP contribution in [-0.2, 0) is 12.7 Å². The summed E-state index contributed by atoms with van der Waals surface area (Å²) >= 11 is 0. The van der Waals surface area contributed by atoms with Crippen molar-refractivity contribution in [1.82, 2.24) is 9.97 Å². The Bertz CT molecular complexity index is 800. The van der Waals surface area contributed by atoms with Crippen LogP contribution in [0.1, 0.15) is 11.6 Å². The highest BCUT2D eigenvalue weighted by molar-refractivity contribution is 5.89. The highest BCUT2D eigenvalue weighted by Crippen LogP contribution is 2.30. The Balaban J connectivity index is 2.06. The molecule has 2 heterocycles. The van der Waals surface area contributed by atoms with E-state index in [2.05, 4.69) is 15.3 Å². The van der Waals surface area contributed by atoms with Gasteiger partial charge in [0.25, 0.3) is 0 Å². The lowest BCUT2D eigenvalue weighted by Gasteiger charge is -2.11.